The molecular formula is C25H22FN3O2. The molecule has 2 heterocycles. The maximum Gasteiger partial charge on any atom is 0.309 e. The number of aliphatic carboxylic acids is 1. The Balaban J connectivity index is 1.33. The molecule has 31 heavy (non-hydrogen) atoms. The summed E-state index contributed by atoms with van der Waals surface area (Å²) in [5, 5.41) is 14.5. The minimum Gasteiger partial charge on any atom is -0.481 e. The smallest absolute Gasteiger partial charge is 0.309 e. The molecule has 0 amide bonds. The lowest BCUT2D eigenvalue weighted by Gasteiger charge is -2.36. The lowest BCUT2D eigenvalue weighted by Crippen LogP contribution is -2.49. The summed E-state index contributed by atoms with van der Waals surface area (Å²) in [4.78, 5) is 12.9. The second-order valence-electron chi connectivity index (χ2n) is 8.14. The number of aromatic nitrogens is 2. The monoisotopic (exact) mass is 415 g/mol. The highest BCUT2D eigenvalue weighted by Crippen LogP contribution is 2.23. The van der Waals surface area contributed by atoms with Crippen LogP contribution in [0.1, 0.15) is 16.7 Å². The van der Waals surface area contributed by atoms with Crippen molar-refractivity contribution in [3.8, 4) is 5.69 Å². The van der Waals surface area contributed by atoms with Gasteiger partial charge < -0.3 is 5.11 Å². The molecule has 0 spiro atoms. The van der Waals surface area contributed by atoms with E-state index >= 15 is 0 Å². The van der Waals surface area contributed by atoms with Gasteiger partial charge in [0, 0.05) is 31.2 Å². The Hall–Kier alpha value is -3.51. The maximum absolute atomic E-state index is 14.8. The summed E-state index contributed by atoms with van der Waals surface area (Å²) in [6.45, 7) is 1.56. The van der Waals surface area contributed by atoms with Crippen molar-refractivity contribution in [1.82, 2.24) is 14.7 Å². The van der Waals surface area contributed by atoms with Gasteiger partial charge in [0.05, 0.1) is 11.4 Å². The summed E-state index contributed by atoms with van der Waals surface area (Å²) >= 11 is 0. The molecule has 0 unspecified atom stereocenters. The number of hydrogen-bond donors (Lipinski definition) is 1. The zero-order chi connectivity index (χ0) is 21.4. The minimum absolute atomic E-state index is 0.313. The number of benzene rings is 3. The Morgan fingerprint density at radius 3 is 2.52 bits per heavy atom. The van der Waals surface area contributed by atoms with Crippen LogP contribution in [-0.4, -0.2) is 38.8 Å². The summed E-state index contributed by atoms with van der Waals surface area (Å²) in [5.41, 5.74) is 4.45. The Bertz CT molecular complexity index is 1250. The van der Waals surface area contributed by atoms with Crippen molar-refractivity contribution in [2.24, 2.45) is 5.92 Å². The van der Waals surface area contributed by atoms with Crippen LogP contribution in [-0.2, 0) is 17.8 Å². The van der Waals surface area contributed by atoms with Gasteiger partial charge in [-0.15, -0.1) is 0 Å². The molecule has 5 rings (SSSR count). The predicted octanol–water partition coefficient (Wildman–Crippen LogP) is 4.27. The van der Waals surface area contributed by atoms with Gasteiger partial charge in [-0.05, 0) is 41.3 Å². The number of nitrogens with zero attached hydrogens (tertiary/aromatic N) is 3. The topological polar surface area (TPSA) is 58.4 Å². The van der Waals surface area contributed by atoms with E-state index in [2.05, 4.69) is 23.3 Å². The van der Waals surface area contributed by atoms with Gasteiger partial charge in [0.15, 0.2) is 0 Å². The Labute approximate surface area is 179 Å². The fourth-order valence-corrected chi connectivity index (χ4v) is 4.07. The molecule has 5 nitrogen and oxygen atoms in total. The first-order valence-corrected chi connectivity index (χ1v) is 10.3. The molecule has 0 saturated carbocycles. The highest BCUT2D eigenvalue weighted by molar-refractivity contribution is 5.79. The Morgan fingerprint density at radius 1 is 1.00 bits per heavy atom. The number of likely N-dealkylation sites (tertiary alicyclic amines) is 1. The first-order chi connectivity index (χ1) is 15.0. The molecule has 4 aromatic rings. The number of carbonyl (C=O) groups is 1. The lowest BCUT2D eigenvalue weighted by atomic mass is 9.99. The highest BCUT2D eigenvalue weighted by atomic mass is 19.1. The van der Waals surface area contributed by atoms with Gasteiger partial charge in [0.25, 0.3) is 0 Å². The van der Waals surface area contributed by atoms with Crippen LogP contribution in [0.2, 0.25) is 0 Å². The van der Waals surface area contributed by atoms with Gasteiger partial charge in [-0.2, -0.15) is 5.10 Å². The van der Waals surface area contributed by atoms with Crippen LogP contribution in [0.4, 0.5) is 4.39 Å². The first kappa shape index (κ1) is 19.5. The molecule has 1 aliphatic rings. The zero-order valence-electron chi connectivity index (χ0n) is 16.9. The summed E-state index contributed by atoms with van der Waals surface area (Å²) in [5.74, 6) is -1.42. The van der Waals surface area contributed by atoms with Gasteiger partial charge in [-0.3, -0.25) is 9.69 Å². The van der Waals surface area contributed by atoms with Crippen molar-refractivity contribution < 1.29 is 14.3 Å². The molecule has 156 valence electrons. The highest BCUT2D eigenvalue weighted by Gasteiger charge is 2.32. The fraction of sp³-hybridized carbons (Fsp3) is 0.200. The fourth-order valence-electron chi connectivity index (χ4n) is 4.07. The summed E-state index contributed by atoms with van der Waals surface area (Å²) in [7, 11) is 0. The number of carboxylic acid groups (broad SMARTS) is 1. The van der Waals surface area contributed by atoms with Gasteiger partial charge in [-0.25, -0.2) is 9.07 Å². The molecule has 1 fully saturated rings. The third-order valence-corrected chi connectivity index (χ3v) is 5.79. The van der Waals surface area contributed by atoms with E-state index in [9.17, 15) is 9.18 Å². The average molecular weight is 415 g/mol. The predicted molar refractivity (Wildman–Crippen MR) is 117 cm³/mol. The SMILES string of the molecule is O=C(O)C1CN(Cc2ccc(-n3cc4ccc(Cc5ccccc5)cc4n3)c(F)c2)C1. The van der Waals surface area contributed by atoms with Crippen LogP contribution in [0, 0.1) is 11.7 Å². The van der Waals surface area contributed by atoms with Crippen LogP contribution >= 0.6 is 0 Å². The van der Waals surface area contributed by atoms with Gasteiger partial charge in [-0.1, -0.05) is 48.5 Å². The van der Waals surface area contributed by atoms with E-state index in [1.54, 1.807) is 10.7 Å². The van der Waals surface area contributed by atoms with Crippen LogP contribution in [0.3, 0.4) is 0 Å². The van der Waals surface area contributed by atoms with Crippen molar-refractivity contribution >= 4 is 16.9 Å². The summed E-state index contributed by atoms with van der Waals surface area (Å²) in [6.07, 6.45) is 2.67. The average Bonchev–Trinajstić information content (AvgIpc) is 3.14. The van der Waals surface area contributed by atoms with Crippen LogP contribution in [0.5, 0.6) is 0 Å². The van der Waals surface area contributed by atoms with Crippen LogP contribution < -0.4 is 0 Å². The standard InChI is InChI=1S/C25H22FN3O2/c26-22-11-19(13-28-14-21(15-28)25(30)31)7-9-24(22)29-16-20-8-6-18(12-23(20)27-29)10-17-4-2-1-3-5-17/h1-9,11-12,16,21H,10,13-15H2,(H,30,31). The first-order valence-electron chi connectivity index (χ1n) is 10.3. The molecule has 0 radical (unpaired) electrons. The number of hydrogen-bond acceptors (Lipinski definition) is 3. The van der Waals surface area contributed by atoms with Crippen LogP contribution in [0.25, 0.3) is 16.6 Å². The molecule has 1 N–H and O–H groups in total. The second-order valence-corrected chi connectivity index (χ2v) is 8.14. The van der Waals surface area contributed by atoms with E-state index < -0.39 is 5.97 Å². The minimum atomic E-state index is -0.768. The molecule has 1 saturated heterocycles. The number of rotatable bonds is 6. The molecule has 3 aromatic carbocycles. The second kappa shape index (κ2) is 7.96. The third kappa shape index (κ3) is 4.07. The van der Waals surface area contributed by atoms with E-state index in [0.717, 1.165) is 28.5 Å². The maximum atomic E-state index is 14.8. The van der Waals surface area contributed by atoms with E-state index in [-0.39, 0.29) is 11.7 Å². The van der Waals surface area contributed by atoms with E-state index in [0.29, 0.717) is 25.3 Å². The van der Waals surface area contributed by atoms with Crippen molar-refractivity contribution in [2.75, 3.05) is 13.1 Å². The molecule has 1 aliphatic heterocycles. The quantitative estimate of drug-likeness (QED) is 0.511. The normalized spacial score (nSPS) is 14.6. The van der Waals surface area contributed by atoms with Crippen molar-refractivity contribution in [1.29, 1.82) is 0 Å². The zero-order valence-corrected chi connectivity index (χ0v) is 16.9. The lowest BCUT2D eigenvalue weighted by molar-refractivity contribution is -0.147. The van der Waals surface area contributed by atoms with E-state index in [4.69, 9.17) is 5.11 Å². The molecule has 0 atom stereocenters. The Kier molecular flexibility index (Phi) is 5.00. The van der Waals surface area contributed by atoms with Gasteiger partial charge >= 0.3 is 5.97 Å². The number of carboxylic acids is 1. The number of fused-ring (bicyclic) bond motifs is 1. The molecule has 1 aromatic heterocycles. The van der Waals surface area contributed by atoms with Crippen molar-refractivity contribution in [3.05, 3.63) is 95.4 Å². The summed E-state index contributed by atoms with van der Waals surface area (Å²) < 4.78 is 16.4. The number of halogens is 1. The van der Waals surface area contributed by atoms with Gasteiger partial charge in [0.1, 0.15) is 11.5 Å². The third-order valence-electron chi connectivity index (χ3n) is 5.79. The van der Waals surface area contributed by atoms with E-state index in [1.165, 1.54) is 11.6 Å². The van der Waals surface area contributed by atoms with Crippen LogP contribution in [0.15, 0.2) is 72.9 Å². The van der Waals surface area contributed by atoms with E-state index in [1.807, 2.05) is 47.5 Å². The van der Waals surface area contributed by atoms with Crippen molar-refractivity contribution in [3.63, 3.8) is 0 Å². The molecule has 6 heteroatoms. The Morgan fingerprint density at radius 2 is 1.77 bits per heavy atom. The van der Waals surface area contributed by atoms with Crippen molar-refractivity contribution in [2.45, 2.75) is 13.0 Å². The summed E-state index contributed by atoms with van der Waals surface area (Å²) in [6, 6.07) is 21.5. The van der Waals surface area contributed by atoms with Gasteiger partial charge in [0.2, 0.25) is 0 Å². The molecule has 0 bridgehead atoms. The largest absolute Gasteiger partial charge is 0.481 e. The molecule has 0 aliphatic carbocycles. The molecular weight excluding hydrogens is 393 g/mol.